The van der Waals surface area contributed by atoms with E-state index >= 15 is 0 Å². The molecule has 96 valence electrons. The van der Waals surface area contributed by atoms with Gasteiger partial charge in [0.1, 0.15) is 0 Å². The summed E-state index contributed by atoms with van der Waals surface area (Å²) in [5.74, 6) is 1.41. The van der Waals surface area contributed by atoms with Gasteiger partial charge in [-0.15, -0.1) is 0 Å². The average molecular weight is 227 g/mol. The molecule has 0 aromatic carbocycles. The second-order valence-corrected chi connectivity index (χ2v) is 6.18. The molecule has 0 aromatic rings. The summed E-state index contributed by atoms with van der Waals surface area (Å²) in [7, 11) is 4.11. The summed E-state index contributed by atoms with van der Waals surface area (Å²) in [4.78, 5) is 2.14. The Kier molecular flexibility index (Phi) is 4.81. The highest BCUT2D eigenvalue weighted by molar-refractivity contribution is 4.91. The van der Waals surface area contributed by atoms with Gasteiger partial charge in [0.2, 0.25) is 0 Å². The summed E-state index contributed by atoms with van der Waals surface area (Å²) in [6.45, 7) is 6.57. The molecule has 0 aliphatic heterocycles. The molecule has 1 fully saturated rings. The molecule has 0 aromatic heterocycles. The van der Waals surface area contributed by atoms with Gasteiger partial charge >= 0.3 is 0 Å². The first-order chi connectivity index (χ1) is 7.39. The Hall–Kier alpha value is -0.0800. The Morgan fingerprint density at radius 1 is 1.19 bits per heavy atom. The number of likely N-dealkylation sites (N-methyl/N-ethyl adjacent to an activating group) is 1. The Morgan fingerprint density at radius 2 is 1.69 bits per heavy atom. The fourth-order valence-corrected chi connectivity index (χ4v) is 2.75. The van der Waals surface area contributed by atoms with Crippen LogP contribution in [0.3, 0.4) is 0 Å². The standard InChI is InChI=1S/C14H29NO/c1-6-11-7-9-12(10-8-11)13(16)14(2,3)15(4)5/h11-13,16H,6-10H2,1-5H3. The minimum Gasteiger partial charge on any atom is -0.391 e. The van der Waals surface area contributed by atoms with Crippen LogP contribution in [0, 0.1) is 11.8 Å². The van der Waals surface area contributed by atoms with Crippen LogP contribution in [0.1, 0.15) is 52.9 Å². The highest BCUT2D eigenvalue weighted by atomic mass is 16.3. The molecule has 0 saturated heterocycles. The number of hydrogen-bond donors (Lipinski definition) is 1. The maximum absolute atomic E-state index is 10.5. The van der Waals surface area contributed by atoms with Crippen LogP contribution in [-0.4, -0.2) is 35.7 Å². The van der Waals surface area contributed by atoms with E-state index in [2.05, 4.69) is 39.8 Å². The highest BCUT2D eigenvalue weighted by Crippen LogP contribution is 2.36. The zero-order valence-electron chi connectivity index (χ0n) is 11.7. The van der Waals surface area contributed by atoms with Gasteiger partial charge in [0.05, 0.1) is 6.10 Å². The molecule has 1 N–H and O–H groups in total. The SMILES string of the molecule is CCC1CCC(C(O)C(C)(C)N(C)C)CC1. The number of rotatable bonds is 4. The normalized spacial score (nSPS) is 29.4. The Bertz CT molecular complexity index is 205. The van der Waals surface area contributed by atoms with Crippen LogP contribution in [0.15, 0.2) is 0 Å². The molecule has 0 bridgehead atoms. The van der Waals surface area contributed by atoms with E-state index in [9.17, 15) is 5.11 Å². The van der Waals surface area contributed by atoms with E-state index < -0.39 is 0 Å². The lowest BCUT2D eigenvalue weighted by atomic mass is 9.74. The molecule has 1 saturated carbocycles. The molecule has 16 heavy (non-hydrogen) atoms. The fraction of sp³-hybridized carbons (Fsp3) is 1.00. The minimum atomic E-state index is -0.194. The van der Waals surface area contributed by atoms with E-state index in [0.29, 0.717) is 5.92 Å². The third-order valence-corrected chi connectivity index (χ3v) is 4.79. The van der Waals surface area contributed by atoms with E-state index in [0.717, 1.165) is 5.92 Å². The first-order valence-electron chi connectivity index (χ1n) is 6.75. The van der Waals surface area contributed by atoms with Gasteiger partial charge in [-0.05, 0) is 52.6 Å². The van der Waals surface area contributed by atoms with E-state index in [1.54, 1.807) is 0 Å². The Labute approximate surface area is 101 Å². The van der Waals surface area contributed by atoms with Crippen LogP contribution >= 0.6 is 0 Å². The molecule has 1 aliphatic carbocycles. The van der Waals surface area contributed by atoms with Crippen molar-refractivity contribution in [2.24, 2.45) is 11.8 Å². The van der Waals surface area contributed by atoms with Crippen molar-refractivity contribution >= 4 is 0 Å². The quantitative estimate of drug-likeness (QED) is 0.798. The summed E-state index contributed by atoms with van der Waals surface area (Å²) >= 11 is 0. The largest absolute Gasteiger partial charge is 0.391 e. The maximum Gasteiger partial charge on any atom is 0.0746 e. The average Bonchev–Trinajstić information content (AvgIpc) is 2.28. The van der Waals surface area contributed by atoms with Gasteiger partial charge in [-0.2, -0.15) is 0 Å². The number of hydrogen-bond acceptors (Lipinski definition) is 2. The third-order valence-electron chi connectivity index (χ3n) is 4.79. The predicted octanol–water partition coefficient (Wildman–Crippen LogP) is 2.90. The smallest absolute Gasteiger partial charge is 0.0746 e. The molecule has 0 heterocycles. The summed E-state index contributed by atoms with van der Waals surface area (Å²) in [6, 6.07) is 0. The Morgan fingerprint density at radius 3 is 2.06 bits per heavy atom. The van der Waals surface area contributed by atoms with Gasteiger partial charge in [0.25, 0.3) is 0 Å². The summed E-state index contributed by atoms with van der Waals surface area (Å²) in [6.07, 6.45) is 6.14. The molecule has 1 aliphatic rings. The van der Waals surface area contributed by atoms with Gasteiger partial charge in [-0.3, -0.25) is 0 Å². The van der Waals surface area contributed by atoms with Crippen molar-refractivity contribution in [2.45, 2.75) is 64.5 Å². The van der Waals surface area contributed by atoms with Crippen molar-refractivity contribution < 1.29 is 5.11 Å². The van der Waals surface area contributed by atoms with Crippen LogP contribution in [0.5, 0.6) is 0 Å². The van der Waals surface area contributed by atoms with Gasteiger partial charge in [-0.25, -0.2) is 0 Å². The lowest BCUT2D eigenvalue weighted by Gasteiger charge is -2.43. The van der Waals surface area contributed by atoms with Gasteiger partial charge in [-0.1, -0.05) is 26.2 Å². The summed E-state index contributed by atoms with van der Waals surface area (Å²) < 4.78 is 0. The second-order valence-electron chi connectivity index (χ2n) is 6.18. The van der Waals surface area contributed by atoms with Crippen LogP contribution in [0.4, 0.5) is 0 Å². The lowest BCUT2D eigenvalue weighted by molar-refractivity contribution is -0.0351. The zero-order valence-corrected chi connectivity index (χ0v) is 11.7. The first kappa shape index (κ1) is 14.0. The number of aliphatic hydroxyl groups excluding tert-OH is 1. The lowest BCUT2D eigenvalue weighted by Crippen LogP contribution is -2.52. The molecular formula is C14H29NO. The van der Waals surface area contributed by atoms with E-state index in [4.69, 9.17) is 0 Å². The molecule has 0 spiro atoms. The first-order valence-corrected chi connectivity index (χ1v) is 6.75. The highest BCUT2D eigenvalue weighted by Gasteiger charge is 2.37. The number of nitrogens with zero attached hydrogens (tertiary/aromatic N) is 1. The van der Waals surface area contributed by atoms with Gasteiger partial charge in [0.15, 0.2) is 0 Å². The van der Waals surface area contributed by atoms with Crippen LogP contribution < -0.4 is 0 Å². The molecule has 2 nitrogen and oxygen atoms in total. The van der Waals surface area contributed by atoms with E-state index in [-0.39, 0.29) is 11.6 Å². The minimum absolute atomic E-state index is 0.107. The summed E-state index contributed by atoms with van der Waals surface area (Å²) in [5.41, 5.74) is -0.107. The Balaban J connectivity index is 2.53. The molecule has 1 atom stereocenters. The van der Waals surface area contributed by atoms with Crippen molar-refractivity contribution in [3.63, 3.8) is 0 Å². The monoisotopic (exact) mass is 227 g/mol. The van der Waals surface area contributed by atoms with Crippen molar-refractivity contribution in [1.82, 2.24) is 4.90 Å². The maximum atomic E-state index is 10.5. The fourth-order valence-electron chi connectivity index (χ4n) is 2.75. The molecule has 0 amide bonds. The van der Waals surface area contributed by atoms with Crippen molar-refractivity contribution in [1.29, 1.82) is 0 Å². The van der Waals surface area contributed by atoms with E-state index in [1.807, 2.05) is 0 Å². The summed E-state index contributed by atoms with van der Waals surface area (Å²) in [5, 5.41) is 10.5. The third kappa shape index (κ3) is 2.98. The van der Waals surface area contributed by atoms with Crippen LogP contribution in [0.2, 0.25) is 0 Å². The predicted molar refractivity (Wildman–Crippen MR) is 69.5 cm³/mol. The van der Waals surface area contributed by atoms with Gasteiger partial charge < -0.3 is 10.0 Å². The molecule has 1 rings (SSSR count). The van der Waals surface area contributed by atoms with Crippen LogP contribution in [-0.2, 0) is 0 Å². The molecule has 0 radical (unpaired) electrons. The number of aliphatic hydroxyl groups is 1. The topological polar surface area (TPSA) is 23.5 Å². The molecule has 1 unspecified atom stereocenters. The molecule has 2 heteroatoms. The van der Waals surface area contributed by atoms with Crippen molar-refractivity contribution in [3.05, 3.63) is 0 Å². The van der Waals surface area contributed by atoms with Crippen molar-refractivity contribution in [3.8, 4) is 0 Å². The second kappa shape index (κ2) is 5.50. The van der Waals surface area contributed by atoms with E-state index in [1.165, 1.54) is 32.1 Å². The van der Waals surface area contributed by atoms with Crippen molar-refractivity contribution in [2.75, 3.05) is 14.1 Å². The van der Waals surface area contributed by atoms with Gasteiger partial charge in [0, 0.05) is 5.54 Å². The van der Waals surface area contributed by atoms with Crippen LogP contribution in [0.25, 0.3) is 0 Å². The molecular weight excluding hydrogens is 198 g/mol. The zero-order chi connectivity index (χ0) is 12.3.